The summed E-state index contributed by atoms with van der Waals surface area (Å²) in [5.41, 5.74) is 3.94. The number of likely N-dealkylation sites (tertiary alicyclic amines) is 1. The molecule has 5 unspecified atom stereocenters. The number of halogens is 2. The Labute approximate surface area is 247 Å². The number of nitrogens with one attached hydrogen (secondary N) is 3. The van der Waals surface area contributed by atoms with Gasteiger partial charge in [0.15, 0.2) is 0 Å². The van der Waals surface area contributed by atoms with E-state index in [0.29, 0.717) is 18.5 Å². The highest BCUT2D eigenvalue weighted by Crippen LogP contribution is 2.51. The van der Waals surface area contributed by atoms with Crippen molar-refractivity contribution in [1.82, 2.24) is 30.0 Å². The monoisotopic (exact) mass is 585 g/mol. The van der Waals surface area contributed by atoms with E-state index in [2.05, 4.69) is 25.7 Å². The van der Waals surface area contributed by atoms with Gasteiger partial charge < -0.3 is 20.5 Å². The smallest absolute Gasteiger partial charge is 0.251 e. The van der Waals surface area contributed by atoms with Crippen LogP contribution in [0.5, 0.6) is 0 Å². The Bertz CT molecular complexity index is 1640. The summed E-state index contributed by atoms with van der Waals surface area (Å²) < 4.78 is 31.4. The molecule has 2 fully saturated rings. The zero-order valence-corrected chi connectivity index (χ0v) is 23.7. The lowest BCUT2D eigenvalue weighted by molar-refractivity contribution is -0.146. The molecule has 4 heterocycles. The number of benzene rings is 2. The van der Waals surface area contributed by atoms with Crippen molar-refractivity contribution in [2.75, 3.05) is 11.9 Å². The molecule has 4 aromatic rings. The van der Waals surface area contributed by atoms with Crippen LogP contribution in [0.2, 0.25) is 0 Å². The summed E-state index contributed by atoms with van der Waals surface area (Å²) in [6.45, 7) is 2.34. The Kier molecular flexibility index (Phi) is 6.75. The van der Waals surface area contributed by atoms with Crippen molar-refractivity contribution < 1.29 is 18.4 Å². The molecule has 0 radical (unpaired) electrons. The first-order valence-corrected chi connectivity index (χ1v) is 14.7. The lowest BCUT2D eigenvalue weighted by Gasteiger charge is -2.42. The second kappa shape index (κ2) is 10.6. The average molecular weight is 586 g/mol. The zero-order chi connectivity index (χ0) is 29.7. The maximum atomic E-state index is 14.8. The number of rotatable bonds is 5. The largest absolute Gasteiger partial charge is 0.375 e. The van der Waals surface area contributed by atoms with E-state index in [9.17, 15) is 18.4 Å². The molecule has 43 heavy (non-hydrogen) atoms. The number of aromatic nitrogens is 4. The zero-order valence-electron chi connectivity index (χ0n) is 23.7. The maximum Gasteiger partial charge on any atom is 0.251 e. The molecular formula is C32H33F2N7O2. The normalized spacial score (nSPS) is 25.8. The molecule has 1 saturated carbocycles. The van der Waals surface area contributed by atoms with Crippen LogP contribution >= 0.6 is 0 Å². The number of para-hydroxylation sites is 1. The average Bonchev–Trinajstić information content (AvgIpc) is 3.79. The molecule has 7 rings (SSSR count). The number of hydrogen-bond acceptors (Lipinski definition) is 5. The Balaban J connectivity index is 1.14. The van der Waals surface area contributed by atoms with E-state index >= 15 is 0 Å². The number of nitrogens with zero attached hydrogens (tertiary/aromatic N) is 4. The molecule has 2 aromatic carbocycles. The molecule has 11 heteroatoms. The predicted molar refractivity (Wildman–Crippen MR) is 156 cm³/mol. The molecule has 9 nitrogen and oxygen atoms in total. The number of H-pyrrole nitrogens is 1. The van der Waals surface area contributed by atoms with E-state index < -0.39 is 24.3 Å². The fourth-order valence-corrected chi connectivity index (χ4v) is 7.05. The van der Waals surface area contributed by atoms with Crippen LogP contribution in [-0.4, -0.2) is 55.0 Å². The number of carbonyl (C=O) groups excluding carboxylic acids is 2. The summed E-state index contributed by atoms with van der Waals surface area (Å²) in [7, 11) is 0. The number of aryl methyl sites for hydroxylation is 1. The third kappa shape index (κ3) is 5.06. The summed E-state index contributed by atoms with van der Waals surface area (Å²) >= 11 is 0. The second-order valence-electron chi connectivity index (χ2n) is 11.8. The van der Waals surface area contributed by atoms with Crippen molar-refractivity contribution in [1.29, 1.82) is 0 Å². The van der Waals surface area contributed by atoms with Crippen LogP contribution in [0.3, 0.4) is 0 Å². The third-order valence-electron chi connectivity index (χ3n) is 9.14. The molecule has 3 N–H and O–H groups in total. The summed E-state index contributed by atoms with van der Waals surface area (Å²) in [6.07, 6.45) is 5.06. The number of carbonyl (C=O) groups is 2. The molecule has 3 aliphatic rings. The highest BCUT2D eigenvalue weighted by Gasteiger charge is 2.52. The Hall–Kier alpha value is -4.54. The number of fused-ring (bicyclic) bond motifs is 3. The number of imidazole rings is 1. The van der Waals surface area contributed by atoms with Crippen LogP contribution in [-0.2, 0) is 4.79 Å². The molecule has 222 valence electrons. The van der Waals surface area contributed by atoms with Gasteiger partial charge in [-0.3, -0.25) is 9.59 Å². The van der Waals surface area contributed by atoms with Crippen molar-refractivity contribution >= 4 is 17.5 Å². The van der Waals surface area contributed by atoms with Crippen LogP contribution < -0.4 is 10.6 Å². The minimum atomic E-state index is -2.98. The summed E-state index contributed by atoms with van der Waals surface area (Å²) in [6, 6.07) is 15.5. The van der Waals surface area contributed by atoms with Gasteiger partial charge in [-0.1, -0.05) is 18.2 Å². The predicted octanol–water partition coefficient (Wildman–Crippen LogP) is 5.19. The Morgan fingerprint density at radius 3 is 2.63 bits per heavy atom. The summed E-state index contributed by atoms with van der Waals surface area (Å²) in [4.78, 5) is 37.0. The highest BCUT2D eigenvalue weighted by atomic mass is 19.3. The SMILES string of the molecule is Cc1ccn(-c2ccc(C(=O)NC3CCC(F)(F)CC3C(=O)N3CCC4C(c5ncc[nH]5)Nc5ccccc5C43)cc2)n1. The van der Waals surface area contributed by atoms with Crippen molar-refractivity contribution in [2.45, 2.75) is 56.7 Å². The number of anilines is 1. The van der Waals surface area contributed by atoms with Crippen molar-refractivity contribution in [3.63, 3.8) is 0 Å². The maximum absolute atomic E-state index is 14.8. The van der Waals surface area contributed by atoms with E-state index in [4.69, 9.17) is 0 Å². The van der Waals surface area contributed by atoms with E-state index in [1.54, 1.807) is 46.2 Å². The number of aromatic amines is 1. The van der Waals surface area contributed by atoms with E-state index in [0.717, 1.165) is 28.5 Å². The van der Waals surface area contributed by atoms with Crippen LogP contribution in [0.25, 0.3) is 5.69 Å². The highest BCUT2D eigenvalue weighted by molar-refractivity contribution is 5.95. The van der Waals surface area contributed by atoms with Gasteiger partial charge in [-0.2, -0.15) is 5.10 Å². The fraction of sp³-hybridized carbons (Fsp3) is 0.375. The Morgan fingerprint density at radius 2 is 1.88 bits per heavy atom. The summed E-state index contributed by atoms with van der Waals surface area (Å²) in [5.74, 6) is -3.95. The van der Waals surface area contributed by atoms with Gasteiger partial charge in [0.25, 0.3) is 5.91 Å². The van der Waals surface area contributed by atoms with Crippen molar-refractivity contribution in [3.8, 4) is 5.69 Å². The van der Waals surface area contributed by atoms with Crippen LogP contribution in [0.1, 0.15) is 65.2 Å². The van der Waals surface area contributed by atoms with E-state index in [1.165, 1.54) is 0 Å². The van der Waals surface area contributed by atoms with Crippen LogP contribution in [0.15, 0.2) is 73.2 Å². The van der Waals surface area contributed by atoms with Gasteiger partial charge in [-0.25, -0.2) is 18.4 Å². The van der Waals surface area contributed by atoms with Crippen LogP contribution in [0, 0.1) is 18.8 Å². The van der Waals surface area contributed by atoms with Gasteiger partial charge in [0.2, 0.25) is 11.8 Å². The molecular weight excluding hydrogens is 552 g/mol. The summed E-state index contributed by atoms with van der Waals surface area (Å²) in [5, 5.41) is 10.9. The number of amides is 2. The van der Waals surface area contributed by atoms with Gasteiger partial charge in [-0.05, 0) is 61.7 Å². The first kappa shape index (κ1) is 27.3. The molecule has 1 saturated heterocycles. The lowest BCUT2D eigenvalue weighted by Crippen LogP contribution is -2.53. The molecule has 0 spiro atoms. The number of hydrogen-bond donors (Lipinski definition) is 3. The van der Waals surface area contributed by atoms with E-state index in [1.807, 2.05) is 43.5 Å². The molecule has 2 aromatic heterocycles. The van der Waals surface area contributed by atoms with Crippen molar-refractivity contribution in [3.05, 3.63) is 95.8 Å². The minimum absolute atomic E-state index is 0.0132. The van der Waals surface area contributed by atoms with Crippen LogP contribution in [0.4, 0.5) is 14.5 Å². The topological polar surface area (TPSA) is 108 Å². The van der Waals surface area contributed by atoms with Gasteiger partial charge in [0, 0.05) is 61.2 Å². The fourth-order valence-electron chi connectivity index (χ4n) is 7.05. The van der Waals surface area contributed by atoms with Gasteiger partial charge >= 0.3 is 0 Å². The van der Waals surface area contributed by atoms with Gasteiger partial charge in [0.1, 0.15) is 5.82 Å². The first-order valence-electron chi connectivity index (χ1n) is 14.7. The van der Waals surface area contributed by atoms with Gasteiger partial charge in [-0.15, -0.1) is 0 Å². The van der Waals surface area contributed by atoms with E-state index in [-0.39, 0.29) is 42.7 Å². The molecule has 5 atom stereocenters. The quantitative estimate of drug-likeness (QED) is 0.299. The van der Waals surface area contributed by atoms with Crippen molar-refractivity contribution in [2.24, 2.45) is 11.8 Å². The molecule has 2 amide bonds. The standard InChI is InChI=1S/C32H33F2N7O2/c1-19-11-17-41(39-19)21-8-6-20(7-9-21)30(42)38-26-10-13-32(33,34)18-24(26)31(43)40-16-12-23-27(29-35-14-15-36-29)37-25-5-3-2-4-22(25)28(23)40/h2-9,11,14-15,17,23-24,26-28,37H,10,12-13,16,18H2,1H3,(H,35,36)(H,38,42). The molecule has 2 aliphatic heterocycles. The minimum Gasteiger partial charge on any atom is -0.375 e. The first-order chi connectivity index (χ1) is 20.8. The second-order valence-corrected chi connectivity index (χ2v) is 11.8. The molecule has 1 aliphatic carbocycles. The Morgan fingerprint density at radius 1 is 1.07 bits per heavy atom. The third-order valence-corrected chi connectivity index (χ3v) is 9.14. The number of alkyl halides is 2. The van der Waals surface area contributed by atoms with Gasteiger partial charge in [0.05, 0.1) is 29.4 Å². The lowest BCUT2D eigenvalue weighted by atomic mass is 9.79. The molecule has 0 bridgehead atoms.